The monoisotopic (exact) mass is 482 g/mol. The lowest BCUT2D eigenvalue weighted by Crippen LogP contribution is -2.57. The lowest BCUT2D eigenvalue weighted by Gasteiger charge is -2.31. The normalized spacial score (nSPS) is 17.3. The van der Waals surface area contributed by atoms with Gasteiger partial charge in [-0.15, -0.1) is 0 Å². The van der Waals surface area contributed by atoms with Crippen molar-refractivity contribution in [1.82, 2.24) is 4.90 Å². The van der Waals surface area contributed by atoms with Gasteiger partial charge >= 0.3 is 16.1 Å². The van der Waals surface area contributed by atoms with Crippen LogP contribution in [0, 0.1) is 0 Å². The van der Waals surface area contributed by atoms with E-state index < -0.39 is 36.6 Å². The van der Waals surface area contributed by atoms with E-state index >= 15 is 0 Å². The molecule has 2 rings (SSSR count). The Labute approximate surface area is 155 Å². The van der Waals surface area contributed by atoms with E-state index in [4.69, 9.17) is 5.90 Å². The van der Waals surface area contributed by atoms with Gasteiger partial charge in [0.05, 0.1) is 5.56 Å². The van der Waals surface area contributed by atoms with Crippen molar-refractivity contribution in [2.45, 2.75) is 15.7 Å². The van der Waals surface area contributed by atoms with Crippen LogP contribution in [0.2, 0.25) is 0 Å². The predicted octanol–water partition coefficient (Wildman–Crippen LogP) is 0.0254. The molecule has 25 heavy (non-hydrogen) atoms. The molecule has 0 aromatic heterocycles. The number of ketones is 1. The fraction of sp³-hybridized carbons (Fsp3) is 0.231. The molecular weight excluding hydrogens is 471 g/mol. The highest BCUT2D eigenvalue weighted by Crippen LogP contribution is 2.37. The first-order chi connectivity index (χ1) is 11.5. The predicted molar refractivity (Wildman–Crippen MR) is 89.8 cm³/mol. The standard InChI is InChI=1S/C13H11IN2O8S/c14-13(25(21,22)23,16-9(17)5-6-10(16)18)11(19)7-1-3-8(4-2-7)12(20)24-15/h1-4H,5-6,15H2,(H,21,22,23). The Morgan fingerprint density at radius 2 is 1.56 bits per heavy atom. The van der Waals surface area contributed by atoms with Gasteiger partial charge in [-0.3, -0.25) is 18.9 Å². The molecule has 1 fully saturated rings. The third kappa shape index (κ3) is 3.29. The molecule has 2 amide bonds. The van der Waals surface area contributed by atoms with Crippen LogP contribution < -0.4 is 5.90 Å². The number of alkyl halides is 1. The number of carbonyl (C=O) groups excluding carboxylic acids is 4. The van der Waals surface area contributed by atoms with Crippen molar-refractivity contribution in [2.75, 3.05) is 0 Å². The van der Waals surface area contributed by atoms with E-state index in [1.165, 1.54) is 0 Å². The number of nitrogens with two attached hydrogens (primary N) is 1. The van der Waals surface area contributed by atoms with E-state index in [9.17, 15) is 32.1 Å². The summed E-state index contributed by atoms with van der Waals surface area (Å²) in [6.45, 7) is 0. The second-order valence-corrected chi connectivity index (χ2v) is 8.81. The van der Waals surface area contributed by atoms with E-state index in [-0.39, 0.29) is 28.9 Å². The highest BCUT2D eigenvalue weighted by molar-refractivity contribution is 14.1. The maximum absolute atomic E-state index is 12.7. The smallest absolute Gasteiger partial charge is 0.356 e. The van der Waals surface area contributed by atoms with Gasteiger partial charge in [0, 0.05) is 18.4 Å². The highest BCUT2D eigenvalue weighted by Gasteiger charge is 2.59. The quantitative estimate of drug-likeness (QED) is 0.112. The zero-order chi connectivity index (χ0) is 19.0. The minimum absolute atomic E-state index is 0.0155. The number of amides is 2. The number of carbonyl (C=O) groups is 4. The number of benzene rings is 1. The Morgan fingerprint density at radius 3 is 1.96 bits per heavy atom. The zero-order valence-corrected chi connectivity index (χ0v) is 15.3. The number of likely N-dealkylation sites (tertiary alicyclic amines) is 1. The van der Waals surface area contributed by atoms with E-state index in [1.54, 1.807) is 0 Å². The van der Waals surface area contributed by atoms with Gasteiger partial charge in [-0.2, -0.15) is 14.3 Å². The Kier molecular flexibility index (Phi) is 5.27. The first-order valence-corrected chi connectivity index (χ1v) is 9.13. The molecule has 1 saturated heterocycles. The summed E-state index contributed by atoms with van der Waals surface area (Å²) in [7, 11) is -5.18. The molecule has 10 nitrogen and oxygen atoms in total. The Bertz CT molecular complexity index is 851. The third-order valence-electron chi connectivity index (χ3n) is 3.45. The van der Waals surface area contributed by atoms with Crippen molar-refractivity contribution in [2.24, 2.45) is 5.90 Å². The number of hydrogen-bond donors (Lipinski definition) is 2. The van der Waals surface area contributed by atoms with Gasteiger partial charge in [-0.1, -0.05) is 12.1 Å². The molecule has 134 valence electrons. The van der Waals surface area contributed by atoms with Crippen LogP contribution >= 0.6 is 22.6 Å². The summed E-state index contributed by atoms with van der Waals surface area (Å²) in [5, 5.41) is 0. The molecule has 0 bridgehead atoms. The van der Waals surface area contributed by atoms with Gasteiger partial charge in [0.15, 0.2) is 0 Å². The average Bonchev–Trinajstić information content (AvgIpc) is 2.90. The molecule has 1 aliphatic rings. The summed E-state index contributed by atoms with van der Waals surface area (Å²) in [6, 6.07) is 4.44. The van der Waals surface area contributed by atoms with Crippen LogP contribution in [0.25, 0.3) is 0 Å². The molecule has 1 aliphatic heterocycles. The zero-order valence-electron chi connectivity index (χ0n) is 12.3. The summed E-state index contributed by atoms with van der Waals surface area (Å²) in [5.74, 6) is 0.835. The second-order valence-electron chi connectivity index (χ2n) is 4.97. The van der Waals surface area contributed by atoms with Crippen LogP contribution in [0.5, 0.6) is 0 Å². The number of halogens is 1. The number of hydrogen-bond acceptors (Lipinski definition) is 8. The molecule has 0 saturated carbocycles. The van der Waals surface area contributed by atoms with Gasteiger partial charge in [-0.05, 0) is 34.7 Å². The SMILES string of the molecule is NOC(=O)c1ccc(C(=O)C(I)(N2C(=O)CCC2=O)S(=O)(=O)O)cc1. The Balaban J connectivity index is 2.52. The molecule has 1 heterocycles. The van der Waals surface area contributed by atoms with E-state index in [0.717, 1.165) is 46.9 Å². The molecule has 3 N–H and O–H groups in total. The lowest BCUT2D eigenvalue weighted by atomic mass is 10.1. The van der Waals surface area contributed by atoms with E-state index in [0.29, 0.717) is 0 Å². The lowest BCUT2D eigenvalue weighted by molar-refractivity contribution is -0.139. The third-order valence-corrected chi connectivity index (χ3v) is 7.14. The molecular formula is C13H11IN2O8S. The minimum Gasteiger partial charge on any atom is -0.370 e. The highest BCUT2D eigenvalue weighted by atomic mass is 127. The maximum Gasteiger partial charge on any atom is 0.356 e. The van der Waals surface area contributed by atoms with Gasteiger partial charge in [-0.25, -0.2) is 9.69 Å². The Morgan fingerprint density at radius 1 is 1.12 bits per heavy atom. The van der Waals surface area contributed by atoms with Crippen molar-refractivity contribution >= 4 is 56.3 Å². The van der Waals surface area contributed by atoms with Crippen molar-refractivity contribution in [3.8, 4) is 0 Å². The van der Waals surface area contributed by atoms with Crippen LogP contribution in [0.3, 0.4) is 0 Å². The van der Waals surface area contributed by atoms with Gasteiger partial charge < -0.3 is 4.84 Å². The molecule has 0 aliphatic carbocycles. The van der Waals surface area contributed by atoms with Gasteiger partial charge in [0.25, 0.3) is 2.88 Å². The number of imide groups is 1. The molecule has 12 heteroatoms. The number of Topliss-reactive ketones (excluding diaryl/α,β-unsaturated/α-hetero) is 1. The molecule has 1 aromatic carbocycles. The summed E-state index contributed by atoms with van der Waals surface area (Å²) in [6.07, 6.45) is -0.540. The molecule has 1 aromatic rings. The van der Waals surface area contributed by atoms with Crippen LogP contribution in [0.4, 0.5) is 0 Å². The first-order valence-electron chi connectivity index (χ1n) is 6.61. The molecule has 1 unspecified atom stereocenters. The van der Waals surface area contributed by atoms with Crippen LogP contribution in [-0.4, -0.2) is 44.3 Å². The molecule has 1 atom stereocenters. The fourth-order valence-corrected chi connectivity index (χ4v) is 3.87. The Hall–Kier alpha value is -1.90. The van der Waals surface area contributed by atoms with Crippen molar-refractivity contribution in [3.05, 3.63) is 35.4 Å². The van der Waals surface area contributed by atoms with Gasteiger partial charge in [0.1, 0.15) is 0 Å². The fourth-order valence-electron chi connectivity index (χ4n) is 2.24. The summed E-state index contributed by atoms with van der Waals surface area (Å²) >= 11 is 1.06. The van der Waals surface area contributed by atoms with Crippen LogP contribution in [0.1, 0.15) is 33.6 Å². The van der Waals surface area contributed by atoms with Crippen molar-refractivity contribution in [1.29, 1.82) is 0 Å². The second kappa shape index (κ2) is 6.78. The molecule has 0 spiro atoms. The number of nitrogens with zero attached hydrogens (tertiary/aromatic N) is 1. The average molecular weight is 482 g/mol. The van der Waals surface area contributed by atoms with Crippen molar-refractivity contribution in [3.63, 3.8) is 0 Å². The van der Waals surface area contributed by atoms with Crippen LogP contribution in [-0.2, 0) is 24.5 Å². The summed E-state index contributed by atoms with van der Waals surface area (Å²) < 4.78 is 30.4. The summed E-state index contributed by atoms with van der Waals surface area (Å²) in [5.41, 5.74) is -0.272. The minimum atomic E-state index is -5.18. The van der Waals surface area contributed by atoms with E-state index in [2.05, 4.69) is 4.84 Å². The number of rotatable bonds is 5. The molecule has 0 radical (unpaired) electrons. The first kappa shape index (κ1) is 19.4. The topological polar surface area (TPSA) is 161 Å². The maximum atomic E-state index is 12.7. The van der Waals surface area contributed by atoms with E-state index in [1.807, 2.05) is 0 Å². The van der Waals surface area contributed by atoms with Crippen molar-refractivity contribution < 1.29 is 37.0 Å². The largest absolute Gasteiger partial charge is 0.370 e. The van der Waals surface area contributed by atoms with Gasteiger partial charge in [0.2, 0.25) is 17.6 Å². The van der Waals surface area contributed by atoms with Crippen LogP contribution in [0.15, 0.2) is 24.3 Å². The summed E-state index contributed by atoms with van der Waals surface area (Å²) in [4.78, 5) is 52.0.